The molecular formula is C15H12FN3O. The molecular weight excluding hydrogens is 257 g/mol. The van der Waals surface area contributed by atoms with E-state index in [4.69, 9.17) is 5.73 Å². The predicted octanol–water partition coefficient (Wildman–Crippen LogP) is 1.98. The molecule has 0 fully saturated rings. The van der Waals surface area contributed by atoms with Crippen molar-refractivity contribution in [1.82, 2.24) is 9.55 Å². The molecule has 3 rings (SSSR count). The maximum atomic E-state index is 13.0. The number of nitrogens with two attached hydrogens (primary N) is 1. The number of nitrogens with zero attached hydrogens (tertiary/aromatic N) is 2. The van der Waals surface area contributed by atoms with Gasteiger partial charge in [0, 0.05) is 0 Å². The molecule has 0 spiro atoms. The molecule has 0 saturated carbocycles. The van der Waals surface area contributed by atoms with Crippen molar-refractivity contribution in [2.75, 3.05) is 0 Å². The summed E-state index contributed by atoms with van der Waals surface area (Å²) in [5.74, 6) is 0.0881. The molecule has 5 heteroatoms. The van der Waals surface area contributed by atoms with E-state index in [0.717, 1.165) is 0 Å². The first-order valence-electron chi connectivity index (χ1n) is 6.17. The number of hydrogen-bond acceptors (Lipinski definition) is 3. The van der Waals surface area contributed by atoms with E-state index in [9.17, 15) is 9.18 Å². The molecule has 0 saturated heterocycles. The Bertz CT molecular complexity index is 825. The van der Waals surface area contributed by atoms with E-state index in [1.54, 1.807) is 18.2 Å². The van der Waals surface area contributed by atoms with Crippen LogP contribution in [-0.2, 0) is 6.54 Å². The highest BCUT2D eigenvalue weighted by Crippen LogP contribution is 2.13. The largest absolute Gasteiger partial charge is 0.324 e. The average molecular weight is 269 g/mol. The molecule has 1 heterocycles. The molecule has 0 unspecified atom stereocenters. The molecule has 1 aromatic heterocycles. The number of fused-ring (bicyclic) bond motifs is 1. The minimum absolute atomic E-state index is 0.122. The van der Waals surface area contributed by atoms with Crippen molar-refractivity contribution >= 4 is 10.9 Å². The second-order valence-electron chi connectivity index (χ2n) is 4.37. The van der Waals surface area contributed by atoms with Crippen LogP contribution >= 0.6 is 0 Å². The van der Waals surface area contributed by atoms with Crippen LogP contribution in [0.5, 0.6) is 0 Å². The SMILES string of the molecule is NCc1nc2ccccc2c(=O)n1-c1ccc(F)cc1. The van der Waals surface area contributed by atoms with Crippen molar-refractivity contribution in [3.63, 3.8) is 0 Å². The number of benzene rings is 2. The van der Waals surface area contributed by atoms with E-state index in [1.165, 1.54) is 28.8 Å². The Morgan fingerprint density at radius 3 is 2.50 bits per heavy atom. The molecule has 2 N–H and O–H groups in total. The standard InChI is InChI=1S/C15H12FN3O/c16-10-5-7-11(8-6-10)19-14(9-17)18-13-4-2-1-3-12(13)15(19)20/h1-8H,9,17H2. The first-order valence-corrected chi connectivity index (χ1v) is 6.17. The summed E-state index contributed by atoms with van der Waals surface area (Å²) in [5.41, 5.74) is 6.63. The van der Waals surface area contributed by atoms with Crippen molar-refractivity contribution in [3.05, 3.63) is 70.5 Å². The van der Waals surface area contributed by atoms with Gasteiger partial charge in [-0.15, -0.1) is 0 Å². The molecule has 0 atom stereocenters. The van der Waals surface area contributed by atoms with E-state index in [2.05, 4.69) is 4.98 Å². The van der Waals surface area contributed by atoms with E-state index in [-0.39, 0.29) is 17.9 Å². The van der Waals surface area contributed by atoms with Gasteiger partial charge >= 0.3 is 0 Å². The first kappa shape index (κ1) is 12.5. The van der Waals surface area contributed by atoms with Crippen molar-refractivity contribution in [1.29, 1.82) is 0 Å². The molecule has 4 nitrogen and oxygen atoms in total. The Hall–Kier alpha value is -2.53. The van der Waals surface area contributed by atoms with Crippen molar-refractivity contribution in [2.45, 2.75) is 6.54 Å². The van der Waals surface area contributed by atoms with Crippen LogP contribution in [0.3, 0.4) is 0 Å². The first-order chi connectivity index (χ1) is 9.70. The number of rotatable bonds is 2. The number of halogens is 1. The zero-order valence-electron chi connectivity index (χ0n) is 10.6. The zero-order valence-corrected chi connectivity index (χ0v) is 10.6. The van der Waals surface area contributed by atoms with Crippen molar-refractivity contribution in [3.8, 4) is 5.69 Å². The van der Waals surface area contributed by atoms with E-state index < -0.39 is 0 Å². The summed E-state index contributed by atoms with van der Waals surface area (Å²) in [6.45, 7) is 0.122. The Morgan fingerprint density at radius 1 is 1.10 bits per heavy atom. The fourth-order valence-electron chi connectivity index (χ4n) is 2.17. The summed E-state index contributed by atoms with van der Waals surface area (Å²) in [6.07, 6.45) is 0. The molecule has 0 bridgehead atoms. The van der Waals surface area contributed by atoms with Crippen LogP contribution in [0.1, 0.15) is 5.82 Å². The maximum absolute atomic E-state index is 13.0. The van der Waals surface area contributed by atoms with E-state index in [0.29, 0.717) is 22.4 Å². The van der Waals surface area contributed by atoms with Crippen LogP contribution < -0.4 is 11.3 Å². The molecule has 0 aliphatic heterocycles. The van der Waals surface area contributed by atoms with Gasteiger partial charge < -0.3 is 5.73 Å². The van der Waals surface area contributed by atoms with E-state index >= 15 is 0 Å². The van der Waals surface area contributed by atoms with Gasteiger partial charge in [-0.1, -0.05) is 12.1 Å². The summed E-state index contributed by atoms with van der Waals surface area (Å²) in [6, 6.07) is 12.8. The Morgan fingerprint density at radius 2 is 1.80 bits per heavy atom. The quantitative estimate of drug-likeness (QED) is 0.774. The second kappa shape index (κ2) is 4.86. The van der Waals surface area contributed by atoms with Crippen LogP contribution in [0, 0.1) is 5.82 Å². The van der Waals surface area contributed by atoms with Gasteiger partial charge in [-0.05, 0) is 36.4 Å². The third kappa shape index (κ3) is 1.98. The lowest BCUT2D eigenvalue weighted by molar-refractivity contribution is 0.627. The highest BCUT2D eigenvalue weighted by Gasteiger charge is 2.11. The van der Waals surface area contributed by atoms with Gasteiger partial charge in [-0.3, -0.25) is 9.36 Å². The normalized spacial score (nSPS) is 10.9. The van der Waals surface area contributed by atoms with Crippen molar-refractivity contribution in [2.24, 2.45) is 5.73 Å². The van der Waals surface area contributed by atoms with Gasteiger partial charge in [0.25, 0.3) is 5.56 Å². The smallest absolute Gasteiger partial charge is 0.266 e. The third-order valence-electron chi connectivity index (χ3n) is 3.11. The molecule has 0 radical (unpaired) electrons. The lowest BCUT2D eigenvalue weighted by atomic mass is 10.2. The summed E-state index contributed by atoms with van der Waals surface area (Å²) >= 11 is 0. The Kier molecular flexibility index (Phi) is 3.04. The van der Waals surface area contributed by atoms with Crippen LogP contribution in [0.15, 0.2) is 53.3 Å². The van der Waals surface area contributed by atoms with Gasteiger partial charge in [0.05, 0.1) is 23.1 Å². The van der Waals surface area contributed by atoms with Crippen molar-refractivity contribution < 1.29 is 4.39 Å². The third-order valence-corrected chi connectivity index (χ3v) is 3.11. The molecule has 2 aromatic carbocycles. The average Bonchev–Trinajstić information content (AvgIpc) is 2.48. The van der Waals surface area contributed by atoms with E-state index in [1.807, 2.05) is 6.07 Å². The zero-order chi connectivity index (χ0) is 14.1. The number of aromatic nitrogens is 2. The predicted molar refractivity (Wildman–Crippen MR) is 75.2 cm³/mol. The highest BCUT2D eigenvalue weighted by atomic mass is 19.1. The number of para-hydroxylation sites is 1. The minimum Gasteiger partial charge on any atom is -0.324 e. The molecule has 20 heavy (non-hydrogen) atoms. The van der Waals surface area contributed by atoms with Gasteiger partial charge in [-0.2, -0.15) is 0 Å². The van der Waals surface area contributed by atoms with Gasteiger partial charge in [0.1, 0.15) is 11.6 Å². The highest BCUT2D eigenvalue weighted by molar-refractivity contribution is 5.77. The van der Waals surface area contributed by atoms with Crippen LogP contribution in [0.4, 0.5) is 4.39 Å². The summed E-state index contributed by atoms with van der Waals surface area (Å²) in [4.78, 5) is 17.0. The number of hydrogen-bond donors (Lipinski definition) is 1. The maximum Gasteiger partial charge on any atom is 0.266 e. The lowest BCUT2D eigenvalue weighted by Crippen LogP contribution is -2.25. The molecule has 100 valence electrons. The Balaban J connectivity index is 2.36. The topological polar surface area (TPSA) is 60.9 Å². The van der Waals surface area contributed by atoms with Crippen LogP contribution in [0.25, 0.3) is 16.6 Å². The fourth-order valence-corrected chi connectivity index (χ4v) is 2.17. The molecule has 0 aliphatic carbocycles. The lowest BCUT2D eigenvalue weighted by Gasteiger charge is -2.12. The molecule has 0 aliphatic rings. The monoisotopic (exact) mass is 269 g/mol. The summed E-state index contributed by atoms with van der Waals surface area (Å²) in [5, 5.41) is 0.508. The summed E-state index contributed by atoms with van der Waals surface area (Å²) in [7, 11) is 0. The van der Waals surface area contributed by atoms with Crippen LogP contribution in [0.2, 0.25) is 0 Å². The van der Waals surface area contributed by atoms with Gasteiger partial charge in [-0.25, -0.2) is 9.37 Å². The van der Waals surface area contributed by atoms with Gasteiger partial charge in [0.2, 0.25) is 0 Å². The van der Waals surface area contributed by atoms with Gasteiger partial charge in [0.15, 0.2) is 0 Å². The summed E-state index contributed by atoms with van der Waals surface area (Å²) < 4.78 is 14.4. The second-order valence-corrected chi connectivity index (χ2v) is 4.37. The minimum atomic E-state index is -0.357. The molecule has 3 aromatic rings. The molecule has 0 amide bonds. The Labute approximate surface area is 114 Å². The van der Waals surface area contributed by atoms with Crippen LogP contribution in [-0.4, -0.2) is 9.55 Å². The fraction of sp³-hybridized carbons (Fsp3) is 0.0667.